The molecule has 0 aliphatic carbocycles. The van der Waals surface area contributed by atoms with E-state index in [0.717, 1.165) is 29.3 Å². The number of esters is 1. The number of hydrogen-bond acceptors (Lipinski definition) is 4. The number of methoxy groups -OCH3 is 1. The van der Waals surface area contributed by atoms with Crippen LogP contribution >= 0.6 is 0 Å². The summed E-state index contributed by atoms with van der Waals surface area (Å²) in [6, 6.07) is 11.6. The quantitative estimate of drug-likeness (QED) is 0.262. The summed E-state index contributed by atoms with van der Waals surface area (Å²) in [6.07, 6.45) is -3.74. The average Bonchev–Trinajstić information content (AvgIpc) is 2.82. The first-order chi connectivity index (χ1) is 17.4. The molecule has 0 saturated carbocycles. The van der Waals surface area contributed by atoms with Crippen LogP contribution in [0.3, 0.4) is 0 Å². The largest absolute Gasteiger partial charge is 0.469 e. The van der Waals surface area contributed by atoms with E-state index in [1.165, 1.54) is 26.2 Å². The van der Waals surface area contributed by atoms with Gasteiger partial charge in [-0.05, 0) is 91.9 Å². The lowest BCUT2D eigenvalue weighted by molar-refractivity contribution is -0.140. The Kier molecular flexibility index (Phi) is 8.57. The van der Waals surface area contributed by atoms with Gasteiger partial charge in [-0.1, -0.05) is 6.07 Å². The van der Waals surface area contributed by atoms with Crippen molar-refractivity contribution in [3.63, 3.8) is 0 Å². The molecule has 0 spiro atoms. The Bertz CT molecular complexity index is 1300. The number of alkyl halides is 3. The predicted octanol–water partition coefficient (Wildman–Crippen LogP) is 6.85. The first kappa shape index (κ1) is 27.7. The second-order valence-corrected chi connectivity index (χ2v) is 8.71. The van der Waals surface area contributed by atoms with Crippen LogP contribution in [0.1, 0.15) is 57.6 Å². The molecule has 0 fully saturated rings. The molecule has 37 heavy (non-hydrogen) atoms. The lowest BCUT2D eigenvalue weighted by Gasteiger charge is -2.18. The number of ether oxygens (including phenoxy) is 2. The molecule has 0 aliphatic heterocycles. The Morgan fingerprint density at radius 2 is 1.68 bits per heavy atom. The highest BCUT2D eigenvalue weighted by molar-refractivity contribution is 5.96. The average molecular weight is 518 g/mol. The van der Waals surface area contributed by atoms with Crippen LogP contribution in [0.5, 0.6) is 11.5 Å². The summed E-state index contributed by atoms with van der Waals surface area (Å²) < 4.78 is 63.6. The van der Waals surface area contributed by atoms with Gasteiger partial charge < -0.3 is 14.8 Å². The van der Waals surface area contributed by atoms with E-state index in [4.69, 9.17) is 4.74 Å². The van der Waals surface area contributed by atoms with Crippen LogP contribution in [0.4, 0.5) is 17.6 Å². The van der Waals surface area contributed by atoms with Crippen LogP contribution in [0.2, 0.25) is 0 Å². The minimum atomic E-state index is -4.51. The van der Waals surface area contributed by atoms with E-state index in [0.29, 0.717) is 17.7 Å². The van der Waals surface area contributed by atoms with Gasteiger partial charge in [-0.25, -0.2) is 4.39 Å². The van der Waals surface area contributed by atoms with Gasteiger partial charge in [0, 0.05) is 18.1 Å². The smallest absolute Gasteiger partial charge is 0.416 e. The SMILES string of the molecule is COC(=O)CCc1ccc(Oc2cc(F)cc([C@@H](C)NC(=O)c3ccc(C(F)(F)F)cc3C)c2)cc1C. The fraction of sp³-hybridized carbons (Fsp3) is 0.286. The monoisotopic (exact) mass is 517 g/mol. The van der Waals surface area contributed by atoms with Crippen molar-refractivity contribution in [2.45, 2.75) is 45.8 Å². The number of carbonyl (C=O) groups excluding carboxylic acids is 2. The Morgan fingerprint density at radius 1 is 0.946 bits per heavy atom. The molecule has 1 N–H and O–H groups in total. The molecule has 9 heteroatoms. The van der Waals surface area contributed by atoms with Crippen LogP contribution in [-0.4, -0.2) is 19.0 Å². The topological polar surface area (TPSA) is 64.6 Å². The first-order valence-corrected chi connectivity index (χ1v) is 11.5. The van der Waals surface area contributed by atoms with Gasteiger partial charge >= 0.3 is 12.1 Å². The summed E-state index contributed by atoms with van der Waals surface area (Å²) in [5.41, 5.74) is 1.69. The van der Waals surface area contributed by atoms with Gasteiger partial charge in [0.05, 0.1) is 18.7 Å². The molecule has 0 aliphatic rings. The Hall–Kier alpha value is -3.88. The normalized spacial score (nSPS) is 12.1. The third-order valence-electron chi connectivity index (χ3n) is 5.92. The number of benzene rings is 3. The third-order valence-corrected chi connectivity index (χ3v) is 5.92. The van der Waals surface area contributed by atoms with Gasteiger partial charge in [-0.3, -0.25) is 9.59 Å². The maximum absolute atomic E-state index is 14.4. The van der Waals surface area contributed by atoms with E-state index < -0.39 is 29.5 Å². The van der Waals surface area contributed by atoms with Gasteiger partial charge in [0.15, 0.2) is 0 Å². The first-order valence-electron chi connectivity index (χ1n) is 11.5. The molecule has 0 bridgehead atoms. The maximum Gasteiger partial charge on any atom is 0.416 e. The zero-order valence-corrected chi connectivity index (χ0v) is 20.8. The van der Waals surface area contributed by atoms with Crippen LogP contribution in [0, 0.1) is 19.7 Å². The zero-order chi connectivity index (χ0) is 27.3. The number of amides is 1. The number of carbonyl (C=O) groups is 2. The van der Waals surface area contributed by atoms with Crippen LogP contribution in [0.25, 0.3) is 0 Å². The van der Waals surface area contributed by atoms with Crippen molar-refractivity contribution in [1.82, 2.24) is 5.32 Å². The van der Waals surface area contributed by atoms with Gasteiger partial charge in [0.25, 0.3) is 5.91 Å². The summed E-state index contributed by atoms with van der Waals surface area (Å²) in [4.78, 5) is 24.1. The van der Waals surface area contributed by atoms with Crippen molar-refractivity contribution in [1.29, 1.82) is 0 Å². The molecule has 0 aromatic heterocycles. The molecule has 0 unspecified atom stereocenters. The molecule has 1 amide bonds. The van der Waals surface area contributed by atoms with Crippen LogP contribution < -0.4 is 10.1 Å². The zero-order valence-electron chi connectivity index (χ0n) is 20.8. The Balaban J connectivity index is 1.73. The second-order valence-electron chi connectivity index (χ2n) is 8.71. The summed E-state index contributed by atoms with van der Waals surface area (Å²) in [5.74, 6) is -0.785. The van der Waals surface area contributed by atoms with Gasteiger partial charge in [0.2, 0.25) is 0 Å². The molecule has 3 rings (SSSR count). The van der Waals surface area contributed by atoms with E-state index >= 15 is 0 Å². The standard InChI is InChI=1S/C28H27F4NO4/c1-16-12-23(8-5-19(16)6-10-26(34)36-4)37-24-14-20(13-22(29)15-24)18(3)33-27(35)25-9-7-21(11-17(25)2)28(30,31)32/h5,7-9,11-15,18H,6,10H2,1-4H3,(H,33,35)/t18-/m1/s1. The highest BCUT2D eigenvalue weighted by Crippen LogP contribution is 2.31. The minimum Gasteiger partial charge on any atom is -0.469 e. The maximum atomic E-state index is 14.4. The van der Waals surface area contributed by atoms with Crippen LogP contribution in [-0.2, 0) is 22.1 Å². The molecule has 0 saturated heterocycles. The van der Waals surface area contributed by atoms with E-state index in [2.05, 4.69) is 10.1 Å². The third kappa shape index (κ3) is 7.31. The van der Waals surface area contributed by atoms with Crippen LogP contribution in [0.15, 0.2) is 54.6 Å². The van der Waals surface area contributed by atoms with Crippen molar-refractivity contribution in [2.75, 3.05) is 7.11 Å². The van der Waals surface area contributed by atoms with E-state index in [1.54, 1.807) is 25.1 Å². The van der Waals surface area contributed by atoms with Crippen molar-refractivity contribution < 1.29 is 36.6 Å². The van der Waals surface area contributed by atoms with E-state index in [1.807, 2.05) is 13.0 Å². The minimum absolute atomic E-state index is 0.0930. The molecular weight excluding hydrogens is 490 g/mol. The Morgan fingerprint density at radius 3 is 2.30 bits per heavy atom. The molecule has 0 heterocycles. The fourth-order valence-electron chi connectivity index (χ4n) is 3.83. The van der Waals surface area contributed by atoms with Crippen molar-refractivity contribution in [2.24, 2.45) is 0 Å². The molecule has 3 aromatic rings. The van der Waals surface area contributed by atoms with Gasteiger partial charge in [0.1, 0.15) is 17.3 Å². The number of halogens is 4. The summed E-state index contributed by atoms with van der Waals surface area (Å²) >= 11 is 0. The van der Waals surface area contributed by atoms with Crippen molar-refractivity contribution >= 4 is 11.9 Å². The van der Waals surface area contributed by atoms with E-state index in [9.17, 15) is 27.2 Å². The number of aryl methyl sites for hydroxylation is 3. The fourth-order valence-corrected chi connectivity index (χ4v) is 3.83. The summed E-state index contributed by atoms with van der Waals surface area (Å²) in [7, 11) is 1.33. The lowest BCUT2D eigenvalue weighted by atomic mass is 10.0. The summed E-state index contributed by atoms with van der Waals surface area (Å²) in [6.45, 7) is 4.93. The predicted molar refractivity (Wildman–Crippen MR) is 130 cm³/mol. The molecule has 3 aromatic carbocycles. The lowest BCUT2D eigenvalue weighted by Crippen LogP contribution is -2.27. The molecule has 1 atom stereocenters. The Labute approximate surface area is 212 Å². The number of hydrogen-bond donors (Lipinski definition) is 1. The highest BCUT2D eigenvalue weighted by Gasteiger charge is 2.31. The second kappa shape index (κ2) is 11.5. The molecule has 5 nitrogen and oxygen atoms in total. The van der Waals surface area contributed by atoms with E-state index in [-0.39, 0.29) is 29.3 Å². The van der Waals surface area contributed by atoms with Crippen molar-refractivity contribution in [3.05, 3.63) is 93.8 Å². The molecule has 196 valence electrons. The van der Waals surface area contributed by atoms with Crippen molar-refractivity contribution in [3.8, 4) is 11.5 Å². The van der Waals surface area contributed by atoms with Gasteiger partial charge in [-0.2, -0.15) is 13.2 Å². The number of nitrogens with one attached hydrogen (secondary N) is 1. The van der Waals surface area contributed by atoms with Gasteiger partial charge in [-0.15, -0.1) is 0 Å². The number of rotatable bonds is 8. The molecule has 0 radical (unpaired) electrons. The highest BCUT2D eigenvalue weighted by atomic mass is 19.4. The summed E-state index contributed by atoms with van der Waals surface area (Å²) in [5, 5.41) is 2.69. The molecular formula is C28H27F4NO4.